The number of nitrogen functional groups attached to an aromatic ring is 1. The Morgan fingerprint density at radius 1 is 1.30 bits per heavy atom. The summed E-state index contributed by atoms with van der Waals surface area (Å²) in [6, 6.07) is 1.78. The fourth-order valence-electron chi connectivity index (χ4n) is 2.40. The van der Waals surface area contributed by atoms with Gasteiger partial charge in [-0.3, -0.25) is 4.79 Å². The molecule has 0 atom stereocenters. The van der Waals surface area contributed by atoms with Gasteiger partial charge in [0.05, 0.1) is 23.5 Å². The molecule has 2 N–H and O–H groups in total. The van der Waals surface area contributed by atoms with Crippen molar-refractivity contribution in [2.75, 3.05) is 32.0 Å². The molecule has 0 radical (unpaired) electrons. The maximum absolute atomic E-state index is 12.6. The maximum Gasteiger partial charge on any atom is 0.264 e. The number of rotatable bonds is 2. The Kier molecular flexibility index (Phi) is 3.68. The Hall–Kier alpha value is -2.10. The number of amides is 1. The van der Waals surface area contributed by atoms with E-state index in [1.54, 1.807) is 17.2 Å². The highest BCUT2D eigenvalue weighted by molar-refractivity contribution is 7.20. The van der Waals surface area contributed by atoms with E-state index in [-0.39, 0.29) is 5.91 Å². The maximum atomic E-state index is 12.6. The zero-order chi connectivity index (χ0) is 15.8. The topological polar surface area (TPSA) is 94.2 Å². The molecule has 0 aromatic carbocycles. The third-order valence-electron chi connectivity index (χ3n) is 3.55. The predicted octanol–water partition coefficient (Wildman–Crippen LogP) is 1.87. The largest absolute Gasteiger partial charge is 0.383 e. The normalized spacial score (nSPS) is 15.2. The van der Waals surface area contributed by atoms with Crippen molar-refractivity contribution in [1.82, 2.24) is 19.9 Å². The minimum atomic E-state index is -0.00787. The SMILES string of the molecule is Nc1nc(-c2nccs2)nc2sc(C(=O)N3CCOCC3)cc12. The van der Waals surface area contributed by atoms with E-state index in [4.69, 9.17) is 10.5 Å². The number of thiophene rings is 1. The molecule has 23 heavy (non-hydrogen) atoms. The van der Waals surface area contributed by atoms with Crippen LogP contribution >= 0.6 is 22.7 Å². The number of aromatic nitrogens is 3. The molecule has 1 aliphatic heterocycles. The quantitative estimate of drug-likeness (QED) is 0.760. The van der Waals surface area contributed by atoms with Gasteiger partial charge in [0.2, 0.25) is 0 Å². The van der Waals surface area contributed by atoms with E-state index in [2.05, 4.69) is 15.0 Å². The van der Waals surface area contributed by atoms with E-state index in [0.29, 0.717) is 58.0 Å². The van der Waals surface area contributed by atoms with Gasteiger partial charge in [-0.2, -0.15) is 0 Å². The first-order chi connectivity index (χ1) is 11.2. The predicted molar refractivity (Wildman–Crippen MR) is 89.7 cm³/mol. The van der Waals surface area contributed by atoms with Gasteiger partial charge in [0.25, 0.3) is 5.91 Å². The van der Waals surface area contributed by atoms with Crippen LogP contribution in [0.15, 0.2) is 17.6 Å². The highest BCUT2D eigenvalue weighted by Crippen LogP contribution is 2.31. The molecule has 3 aromatic rings. The van der Waals surface area contributed by atoms with Crippen molar-refractivity contribution in [2.45, 2.75) is 0 Å². The van der Waals surface area contributed by atoms with Gasteiger partial charge in [0.1, 0.15) is 10.6 Å². The van der Waals surface area contributed by atoms with Crippen LogP contribution in [0.4, 0.5) is 5.82 Å². The molecule has 1 fully saturated rings. The van der Waals surface area contributed by atoms with E-state index in [9.17, 15) is 4.79 Å². The number of nitrogens with zero attached hydrogens (tertiary/aromatic N) is 4. The lowest BCUT2D eigenvalue weighted by Gasteiger charge is -2.26. The van der Waals surface area contributed by atoms with Gasteiger partial charge in [-0.25, -0.2) is 15.0 Å². The van der Waals surface area contributed by atoms with Crippen LogP contribution in [0.1, 0.15) is 9.67 Å². The number of morpholine rings is 1. The minimum Gasteiger partial charge on any atom is -0.383 e. The van der Waals surface area contributed by atoms with Crippen LogP contribution in [0, 0.1) is 0 Å². The number of nitrogens with two attached hydrogens (primary N) is 1. The first kappa shape index (κ1) is 14.5. The molecule has 9 heteroatoms. The van der Waals surface area contributed by atoms with E-state index < -0.39 is 0 Å². The summed E-state index contributed by atoms with van der Waals surface area (Å²) in [5.41, 5.74) is 6.04. The van der Waals surface area contributed by atoms with Crippen LogP contribution in [0.5, 0.6) is 0 Å². The molecule has 0 bridgehead atoms. The number of carbonyl (C=O) groups is 1. The third-order valence-corrected chi connectivity index (χ3v) is 5.34. The zero-order valence-electron chi connectivity index (χ0n) is 12.1. The highest BCUT2D eigenvalue weighted by Gasteiger charge is 2.22. The molecule has 1 saturated heterocycles. The van der Waals surface area contributed by atoms with Gasteiger partial charge in [-0.05, 0) is 6.07 Å². The number of anilines is 1. The summed E-state index contributed by atoms with van der Waals surface area (Å²) < 4.78 is 5.28. The van der Waals surface area contributed by atoms with Gasteiger partial charge < -0.3 is 15.4 Å². The Balaban J connectivity index is 1.72. The Bertz CT molecular complexity index is 856. The van der Waals surface area contributed by atoms with Gasteiger partial charge in [0.15, 0.2) is 10.8 Å². The van der Waals surface area contributed by atoms with Crippen LogP contribution in [0.2, 0.25) is 0 Å². The molecule has 0 aliphatic carbocycles. The molecule has 0 saturated carbocycles. The van der Waals surface area contributed by atoms with E-state index in [1.165, 1.54) is 22.7 Å². The molecule has 3 aromatic heterocycles. The van der Waals surface area contributed by atoms with Crippen molar-refractivity contribution in [3.05, 3.63) is 22.5 Å². The standard InChI is InChI=1S/C14H13N5O2S2/c15-10-8-7-9(14(20)19-2-4-21-5-3-19)23-12(8)18-11(17-10)13-16-1-6-22-13/h1,6-7H,2-5H2,(H2,15,17,18). The summed E-state index contributed by atoms with van der Waals surface area (Å²) in [7, 11) is 0. The lowest BCUT2D eigenvalue weighted by atomic mass is 10.3. The van der Waals surface area contributed by atoms with Crippen LogP contribution in [-0.2, 0) is 4.74 Å². The molecule has 0 unspecified atom stereocenters. The van der Waals surface area contributed by atoms with E-state index >= 15 is 0 Å². The highest BCUT2D eigenvalue weighted by atomic mass is 32.1. The van der Waals surface area contributed by atoms with Crippen molar-refractivity contribution in [1.29, 1.82) is 0 Å². The summed E-state index contributed by atoms with van der Waals surface area (Å²) >= 11 is 2.79. The van der Waals surface area contributed by atoms with Crippen LogP contribution < -0.4 is 5.73 Å². The third kappa shape index (κ3) is 2.67. The van der Waals surface area contributed by atoms with Crippen molar-refractivity contribution < 1.29 is 9.53 Å². The average molecular weight is 347 g/mol. The van der Waals surface area contributed by atoms with E-state index in [1.807, 2.05) is 5.38 Å². The smallest absolute Gasteiger partial charge is 0.264 e. The lowest BCUT2D eigenvalue weighted by Crippen LogP contribution is -2.40. The Morgan fingerprint density at radius 3 is 2.87 bits per heavy atom. The fourth-order valence-corrected chi connectivity index (χ4v) is 3.98. The lowest BCUT2D eigenvalue weighted by molar-refractivity contribution is 0.0306. The van der Waals surface area contributed by atoms with Crippen LogP contribution in [0.25, 0.3) is 21.0 Å². The van der Waals surface area contributed by atoms with Crippen molar-refractivity contribution in [3.63, 3.8) is 0 Å². The molecule has 118 valence electrons. The second-order valence-electron chi connectivity index (χ2n) is 5.00. The molecular formula is C14H13N5O2S2. The number of ether oxygens (including phenoxy) is 1. The van der Waals surface area contributed by atoms with Gasteiger partial charge in [-0.1, -0.05) is 0 Å². The summed E-state index contributed by atoms with van der Waals surface area (Å²) in [5.74, 6) is 0.862. The summed E-state index contributed by atoms with van der Waals surface area (Å²) in [4.78, 5) is 28.7. The number of carbonyl (C=O) groups excluding carboxylic acids is 1. The molecule has 0 spiro atoms. The second-order valence-corrected chi connectivity index (χ2v) is 6.93. The first-order valence-electron chi connectivity index (χ1n) is 7.06. The Labute approximate surface area is 139 Å². The van der Waals surface area contributed by atoms with Crippen molar-refractivity contribution >= 4 is 44.6 Å². The van der Waals surface area contributed by atoms with Crippen molar-refractivity contribution in [3.8, 4) is 10.8 Å². The summed E-state index contributed by atoms with van der Waals surface area (Å²) in [5, 5.41) is 3.29. The van der Waals surface area contributed by atoms with Crippen LogP contribution in [-0.4, -0.2) is 52.1 Å². The number of thiazole rings is 1. The van der Waals surface area contributed by atoms with Gasteiger partial charge in [-0.15, -0.1) is 22.7 Å². The van der Waals surface area contributed by atoms with Gasteiger partial charge >= 0.3 is 0 Å². The number of hydrogen-bond donors (Lipinski definition) is 1. The molecule has 1 aliphatic rings. The number of hydrogen-bond acceptors (Lipinski definition) is 8. The molecule has 7 nitrogen and oxygen atoms in total. The molecule has 4 rings (SSSR count). The second kappa shape index (κ2) is 5.84. The Morgan fingerprint density at radius 2 is 2.13 bits per heavy atom. The summed E-state index contributed by atoms with van der Waals surface area (Å²) in [6.07, 6.45) is 1.70. The minimum absolute atomic E-state index is 0.00787. The van der Waals surface area contributed by atoms with Crippen LogP contribution in [0.3, 0.4) is 0 Å². The zero-order valence-corrected chi connectivity index (χ0v) is 13.7. The molecule has 4 heterocycles. The first-order valence-corrected chi connectivity index (χ1v) is 8.76. The van der Waals surface area contributed by atoms with Crippen molar-refractivity contribution in [2.24, 2.45) is 0 Å². The molecule has 1 amide bonds. The molecular weight excluding hydrogens is 334 g/mol. The average Bonchev–Trinajstić information content (AvgIpc) is 3.24. The van der Waals surface area contributed by atoms with E-state index in [0.717, 1.165) is 0 Å². The fraction of sp³-hybridized carbons (Fsp3) is 0.286. The van der Waals surface area contributed by atoms with Gasteiger partial charge in [0, 0.05) is 24.7 Å². The summed E-state index contributed by atoms with van der Waals surface area (Å²) in [6.45, 7) is 2.37. The monoisotopic (exact) mass is 347 g/mol. The number of fused-ring (bicyclic) bond motifs is 1.